The van der Waals surface area contributed by atoms with Gasteiger partial charge in [0, 0.05) is 25.4 Å². The molecule has 1 aliphatic rings. The third-order valence-electron chi connectivity index (χ3n) is 5.31. The number of aromatic nitrogens is 1. The summed E-state index contributed by atoms with van der Waals surface area (Å²) < 4.78 is 0. The first-order valence-electron chi connectivity index (χ1n) is 9.06. The first-order valence-corrected chi connectivity index (χ1v) is 9.06. The Hall–Kier alpha value is -2.55. The molecule has 0 bridgehead atoms. The van der Waals surface area contributed by atoms with Crippen LogP contribution in [0.3, 0.4) is 0 Å². The first kappa shape index (κ1) is 15.9. The van der Waals surface area contributed by atoms with Crippen molar-refractivity contribution in [2.24, 2.45) is 5.92 Å². The molecular weight excluding hydrogens is 308 g/mol. The zero-order valence-electron chi connectivity index (χ0n) is 14.6. The minimum Gasteiger partial charge on any atom is -0.371 e. The second-order valence-electron chi connectivity index (χ2n) is 7.10. The van der Waals surface area contributed by atoms with Crippen LogP contribution in [0.5, 0.6) is 5.75 Å². The molecule has 1 aliphatic heterocycles. The fourth-order valence-electron chi connectivity index (χ4n) is 3.86. The van der Waals surface area contributed by atoms with E-state index < -0.39 is 0 Å². The summed E-state index contributed by atoms with van der Waals surface area (Å²) in [5, 5.41) is 13.1. The van der Waals surface area contributed by atoms with Crippen molar-refractivity contribution in [2.45, 2.75) is 26.2 Å². The molecule has 1 radical (unpaired) electrons. The molecule has 0 unspecified atom stereocenters. The Morgan fingerprint density at radius 3 is 2.56 bits per heavy atom. The number of hydrogen-bond acceptors (Lipinski definition) is 2. The zero-order chi connectivity index (χ0) is 17.2. The molecule has 127 valence electrons. The van der Waals surface area contributed by atoms with Crippen LogP contribution >= 0.6 is 0 Å². The molecule has 1 saturated heterocycles. The Kier molecular flexibility index (Phi) is 4.31. The van der Waals surface area contributed by atoms with Crippen molar-refractivity contribution in [2.75, 3.05) is 18.0 Å². The van der Waals surface area contributed by atoms with Crippen LogP contribution < -0.4 is 4.90 Å². The van der Waals surface area contributed by atoms with Crippen LogP contribution in [-0.4, -0.2) is 18.1 Å². The molecule has 3 aromatic rings. The van der Waals surface area contributed by atoms with Gasteiger partial charge in [0.05, 0.1) is 16.6 Å². The molecule has 2 heterocycles. The summed E-state index contributed by atoms with van der Waals surface area (Å²) in [5.41, 5.74) is 4.59. The summed E-state index contributed by atoms with van der Waals surface area (Å²) in [6, 6.07) is 16.4. The maximum absolute atomic E-state index is 12.3. The SMILES string of the molecule is Cc1ccc(CC2CCN(c3cccc4nccc([O])c34)CC2)cc1. The van der Waals surface area contributed by atoms with Gasteiger partial charge in [0.2, 0.25) is 0 Å². The van der Waals surface area contributed by atoms with Crippen molar-refractivity contribution in [1.29, 1.82) is 0 Å². The molecule has 25 heavy (non-hydrogen) atoms. The van der Waals surface area contributed by atoms with E-state index in [0.29, 0.717) is 0 Å². The number of benzene rings is 2. The molecule has 3 heteroatoms. The maximum Gasteiger partial charge on any atom is 0.191 e. The van der Waals surface area contributed by atoms with Gasteiger partial charge in [-0.25, -0.2) is 0 Å². The van der Waals surface area contributed by atoms with Gasteiger partial charge in [0.15, 0.2) is 5.75 Å². The molecule has 3 nitrogen and oxygen atoms in total. The van der Waals surface area contributed by atoms with Crippen LogP contribution in [0, 0.1) is 12.8 Å². The topological polar surface area (TPSA) is 36.0 Å². The van der Waals surface area contributed by atoms with Gasteiger partial charge in [-0.15, -0.1) is 0 Å². The van der Waals surface area contributed by atoms with Gasteiger partial charge in [-0.1, -0.05) is 35.9 Å². The van der Waals surface area contributed by atoms with Crippen molar-refractivity contribution in [1.82, 2.24) is 4.98 Å². The molecule has 1 aromatic heterocycles. The fourth-order valence-corrected chi connectivity index (χ4v) is 3.86. The van der Waals surface area contributed by atoms with Crippen LogP contribution in [0.1, 0.15) is 24.0 Å². The van der Waals surface area contributed by atoms with E-state index in [1.54, 1.807) is 12.3 Å². The molecule has 0 atom stereocenters. The van der Waals surface area contributed by atoms with Gasteiger partial charge in [-0.05, 0) is 49.8 Å². The van der Waals surface area contributed by atoms with E-state index in [1.165, 1.54) is 24.0 Å². The summed E-state index contributed by atoms with van der Waals surface area (Å²) in [4.78, 5) is 6.71. The second-order valence-corrected chi connectivity index (χ2v) is 7.10. The minimum atomic E-state index is 0.0716. The van der Waals surface area contributed by atoms with Crippen LogP contribution in [-0.2, 0) is 11.5 Å². The van der Waals surface area contributed by atoms with Crippen molar-refractivity contribution < 1.29 is 5.11 Å². The van der Waals surface area contributed by atoms with E-state index in [-0.39, 0.29) is 5.75 Å². The predicted molar refractivity (Wildman–Crippen MR) is 102 cm³/mol. The summed E-state index contributed by atoms with van der Waals surface area (Å²) >= 11 is 0. The lowest BCUT2D eigenvalue weighted by molar-refractivity contribution is 0.359. The maximum atomic E-state index is 12.3. The standard InChI is InChI=1S/C22H23N2O/c1-16-5-7-17(8-6-16)15-18-10-13-24(14-11-18)20-4-2-3-19-22(20)21(25)9-12-23-19/h2-9,12,18H,10-11,13-15H2,1H3. The number of aryl methyl sites for hydroxylation is 1. The number of nitrogens with zero attached hydrogens (tertiary/aromatic N) is 2. The van der Waals surface area contributed by atoms with Gasteiger partial charge in [-0.2, -0.15) is 0 Å². The number of fused-ring (bicyclic) bond motifs is 1. The molecular formula is C22H23N2O. The van der Waals surface area contributed by atoms with Crippen LogP contribution in [0.25, 0.3) is 10.9 Å². The van der Waals surface area contributed by atoms with Crippen LogP contribution in [0.15, 0.2) is 54.7 Å². The van der Waals surface area contributed by atoms with Gasteiger partial charge in [0.25, 0.3) is 0 Å². The van der Waals surface area contributed by atoms with Crippen molar-refractivity contribution in [3.05, 3.63) is 65.9 Å². The molecule has 0 spiro atoms. The summed E-state index contributed by atoms with van der Waals surface area (Å²) in [5.74, 6) is 0.793. The third kappa shape index (κ3) is 3.32. The van der Waals surface area contributed by atoms with Crippen molar-refractivity contribution >= 4 is 16.6 Å². The molecule has 4 rings (SSSR count). The Balaban J connectivity index is 1.48. The van der Waals surface area contributed by atoms with Crippen molar-refractivity contribution in [3.63, 3.8) is 0 Å². The smallest absolute Gasteiger partial charge is 0.191 e. The third-order valence-corrected chi connectivity index (χ3v) is 5.31. The summed E-state index contributed by atoms with van der Waals surface area (Å²) in [7, 11) is 0. The van der Waals surface area contributed by atoms with Gasteiger partial charge in [-0.3, -0.25) is 10.1 Å². The number of pyridine rings is 1. The van der Waals surface area contributed by atoms with E-state index in [1.807, 2.05) is 12.1 Å². The van der Waals surface area contributed by atoms with E-state index in [9.17, 15) is 5.11 Å². The number of piperidine rings is 1. The molecule has 2 aromatic carbocycles. The number of hydrogen-bond donors (Lipinski definition) is 0. The van der Waals surface area contributed by atoms with Gasteiger partial charge < -0.3 is 4.90 Å². The summed E-state index contributed by atoms with van der Waals surface area (Å²) in [6.45, 7) is 4.14. The number of anilines is 1. The van der Waals surface area contributed by atoms with Crippen LogP contribution in [0.2, 0.25) is 0 Å². The zero-order valence-corrected chi connectivity index (χ0v) is 14.6. The van der Waals surface area contributed by atoms with Gasteiger partial charge >= 0.3 is 0 Å². The lowest BCUT2D eigenvalue weighted by Crippen LogP contribution is -2.34. The van der Waals surface area contributed by atoms with E-state index in [2.05, 4.69) is 47.1 Å². The van der Waals surface area contributed by atoms with E-state index in [0.717, 1.165) is 42.0 Å². The molecule has 0 N–H and O–H groups in total. The molecule has 0 saturated carbocycles. The second kappa shape index (κ2) is 6.75. The summed E-state index contributed by atoms with van der Waals surface area (Å²) in [6.07, 6.45) is 5.08. The van der Waals surface area contributed by atoms with Gasteiger partial charge in [0.1, 0.15) is 0 Å². The van der Waals surface area contributed by atoms with Crippen molar-refractivity contribution in [3.8, 4) is 5.75 Å². The highest BCUT2D eigenvalue weighted by Gasteiger charge is 2.22. The minimum absolute atomic E-state index is 0.0716. The van der Waals surface area contributed by atoms with E-state index in [4.69, 9.17) is 0 Å². The Morgan fingerprint density at radius 2 is 1.80 bits per heavy atom. The fraction of sp³-hybridized carbons (Fsp3) is 0.318. The highest BCUT2D eigenvalue weighted by Crippen LogP contribution is 2.35. The Morgan fingerprint density at radius 1 is 1.04 bits per heavy atom. The van der Waals surface area contributed by atoms with E-state index >= 15 is 0 Å². The highest BCUT2D eigenvalue weighted by molar-refractivity contribution is 5.96. The number of rotatable bonds is 3. The normalized spacial score (nSPS) is 15.6. The largest absolute Gasteiger partial charge is 0.371 e. The highest BCUT2D eigenvalue weighted by atomic mass is 16.3. The Labute approximate surface area is 148 Å². The lowest BCUT2D eigenvalue weighted by Gasteiger charge is -2.34. The average Bonchev–Trinajstić information content (AvgIpc) is 2.64. The molecule has 1 fully saturated rings. The molecule has 0 amide bonds. The first-order chi connectivity index (χ1) is 12.2. The average molecular weight is 331 g/mol. The lowest BCUT2D eigenvalue weighted by atomic mass is 9.89. The molecule has 0 aliphatic carbocycles. The quantitative estimate of drug-likeness (QED) is 0.665. The predicted octanol–water partition coefficient (Wildman–Crippen LogP) is 5.15. The Bertz CT molecular complexity index is 860. The monoisotopic (exact) mass is 331 g/mol. The van der Waals surface area contributed by atoms with Crippen LogP contribution in [0.4, 0.5) is 5.69 Å².